The van der Waals surface area contributed by atoms with Crippen LogP contribution in [0.1, 0.15) is 16.1 Å². The van der Waals surface area contributed by atoms with Gasteiger partial charge in [-0.05, 0) is 6.92 Å². The number of nitro groups is 1. The molecular formula is C12H11N3O4S2. The first-order valence-electron chi connectivity index (χ1n) is 6.07. The van der Waals surface area contributed by atoms with Crippen LogP contribution in [-0.2, 0) is 17.1 Å². The molecule has 0 radical (unpaired) electrons. The summed E-state index contributed by atoms with van der Waals surface area (Å²) < 4.78 is 11.5. The minimum absolute atomic E-state index is 0.0481. The van der Waals surface area contributed by atoms with E-state index in [1.807, 2.05) is 6.92 Å². The summed E-state index contributed by atoms with van der Waals surface area (Å²) in [5, 5.41) is 19.9. The summed E-state index contributed by atoms with van der Waals surface area (Å²) in [6.45, 7) is 2.38. The second-order valence-corrected chi connectivity index (χ2v) is 6.74. The van der Waals surface area contributed by atoms with E-state index < -0.39 is 4.92 Å². The van der Waals surface area contributed by atoms with Gasteiger partial charge in [0, 0.05) is 29.0 Å². The molecule has 0 atom stereocenters. The van der Waals surface area contributed by atoms with Gasteiger partial charge in [-0.25, -0.2) is 0 Å². The van der Waals surface area contributed by atoms with Crippen molar-refractivity contribution in [3.8, 4) is 5.75 Å². The number of rotatable bonds is 4. The van der Waals surface area contributed by atoms with Crippen LogP contribution in [0.15, 0.2) is 16.5 Å². The minimum atomic E-state index is -0.405. The van der Waals surface area contributed by atoms with E-state index in [1.165, 1.54) is 29.2 Å². The Morgan fingerprint density at radius 1 is 1.48 bits per heavy atom. The molecule has 0 spiro atoms. The van der Waals surface area contributed by atoms with Crippen LogP contribution in [0.5, 0.6) is 5.75 Å². The normalized spacial score (nSPS) is 13.6. The fraction of sp³-hybridized carbons (Fsp3) is 0.333. The quantitative estimate of drug-likeness (QED) is 0.485. The Bertz CT molecular complexity index is 689. The highest BCUT2D eigenvalue weighted by Gasteiger charge is 2.21. The maximum Gasteiger partial charge on any atom is 0.270 e. The molecule has 9 heteroatoms. The van der Waals surface area contributed by atoms with Gasteiger partial charge in [0.25, 0.3) is 5.69 Å². The van der Waals surface area contributed by atoms with E-state index in [1.54, 1.807) is 6.07 Å². The lowest BCUT2D eigenvalue weighted by atomic mass is 10.1. The van der Waals surface area contributed by atoms with Crippen molar-refractivity contribution in [3.63, 3.8) is 0 Å². The van der Waals surface area contributed by atoms with Gasteiger partial charge in [-0.1, -0.05) is 23.1 Å². The molecule has 0 aliphatic carbocycles. The van der Waals surface area contributed by atoms with Gasteiger partial charge in [-0.3, -0.25) is 10.1 Å². The highest BCUT2D eigenvalue weighted by molar-refractivity contribution is 8.00. The summed E-state index contributed by atoms with van der Waals surface area (Å²) in [6.07, 6.45) is 0. The molecule has 7 nitrogen and oxygen atoms in total. The van der Waals surface area contributed by atoms with Crippen LogP contribution in [0.2, 0.25) is 0 Å². The Kier molecular flexibility index (Phi) is 4.04. The van der Waals surface area contributed by atoms with Gasteiger partial charge in [-0.15, -0.1) is 10.2 Å². The lowest BCUT2D eigenvalue weighted by Crippen LogP contribution is -2.13. The summed E-state index contributed by atoms with van der Waals surface area (Å²) in [6, 6.07) is 3.04. The number of aryl methyl sites for hydroxylation is 1. The fourth-order valence-electron chi connectivity index (χ4n) is 1.97. The molecule has 0 N–H and O–H groups in total. The van der Waals surface area contributed by atoms with Crippen LogP contribution in [0.3, 0.4) is 0 Å². The summed E-state index contributed by atoms with van der Waals surface area (Å²) in [7, 11) is 0. The van der Waals surface area contributed by atoms with Gasteiger partial charge in [0.2, 0.25) is 0 Å². The molecule has 1 aliphatic rings. The smallest absolute Gasteiger partial charge is 0.270 e. The summed E-state index contributed by atoms with van der Waals surface area (Å²) in [5.74, 6) is 1.22. The van der Waals surface area contributed by atoms with E-state index in [4.69, 9.17) is 9.47 Å². The molecule has 0 saturated heterocycles. The van der Waals surface area contributed by atoms with Crippen molar-refractivity contribution < 1.29 is 14.4 Å². The van der Waals surface area contributed by atoms with Crippen LogP contribution >= 0.6 is 23.1 Å². The Morgan fingerprint density at radius 3 is 3.05 bits per heavy atom. The first-order valence-corrected chi connectivity index (χ1v) is 7.87. The highest BCUT2D eigenvalue weighted by atomic mass is 32.2. The third-order valence-electron chi connectivity index (χ3n) is 2.84. The number of non-ortho nitro benzene ring substituents is 1. The largest absolute Gasteiger partial charge is 0.467 e. The number of hydrogen-bond donors (Lipinski definition) is 0. The Balaban J connectivity index is 1.88. The minimum Gasteiger partial charge on any atom is -0.467 e. The molecule has 0 fully saturated rings. The Morgan fingerprint density at radius 2 is 2.33 bits per heavy atom. The van der Waals surface area contributed by atoms with Crippen molar-refractivity contribution in [3.05, 3.63) is 38.4 Å². The number of nitro benzene ring substituents is 1. The lowest BCUT2D eigenvalue weighted by Gasteiger charge is -2.20. The van der Waals surface area contributed by atoms with Gasteiger partial charge in [-0.2, -0.15) is 0 Å². The SMILES string of the molecule is Cc1nnc(SCc2cc([N+](=O)[O-])cc3c2OCOC3)s1. The van der Waals surface area contributed by atoms with Gasteiger partial charge in [0.05, 0.1) is 11.5 Å². The van der Waals surface area contributed by atoms with Crippen molar-refractivity contribution in [2.45, 2.75) is 23.6 Å². The number of fused-ring (bicyclic) bond motifs is 1. The van der Waals surface area contributed by atoms with Crippen LogP contribution in [0.25, 0.3) is 0 Å². The van der Waals surface area contributed by atoms with Crippen LogP contribution in [0.4, 0.5) is 5.69 Å². The van der Waals surface area contributed by atoms with Crippen molar-refractivity contribution >= 4 is 28.8 Å². The molecule has 0 amide bonds. The zero-order valence-corrected chi connectivity index (χ0v) is 12.7. The summed E-state index contributed by atoms with van der Waals surface area (Å²) in [4.78, 5) is 10.6. The number of benzene rings is 1. The number of ether oxygens (including phenoxy) is 2. The van der Waals surface area contributed by atoms with Gasteiger partial charge >= 0.3 is 0 Å². The zero-order valence-electron chi connectivity index (χ0n) is 11.1. The third-order valence-corrected chi connectivity index (χ3v) is 4.86. The Hall–Kier alpha value is -1.71. The molecule has 1 aromatic heterocycles. The number of nitrogens with zero attached hydrogens (tertiary/aromatic N) is 3. The van der Waals surface area contributed by atoms with E-state index in [0.717, 1.165) is 14.9 Å². The second-order valence-electron chi connectivity index (χ2n) is 4.34. The van der Waals surface area contributed by atoms with Crippen LogP contribution < -0.4 is 4.74 Å². The topological polar surface area (TPSA) is 87.4 Å². The molecule has 3 rings (SSSR count). The molecule has 110 valence electrons. The van der Waals surface area contributed by atoms with Crippen molar-refractivity contribution in [1.82, 2.24) is 10.2 Å². The summed E-state index contributed by atoms with van der Waals surface area (Å²) in [5.41, 5.74) is 1.53. The van der Waals surface area contributed by atoms with E-state index in [-0.39, 0.29) is 12.5 Å². The molecule has 0 bridgehead atoms. The molecular weight excluding hydrogens is 314 g/mol. The molecule has 2 aromatic rings. The highest BCUT2D eigenvalue weighted by Crippen LogP contribution is 2.36. The molecule has 1 aromatic carbocycles. The predicted molar refractivity (Wildman–Crippen MR) is 77.6 cm³/mol. The zero-order chi connectivity index (χ0) is 14.8. The predicted octanol–water partition coefficient (Wildman–Crippen LogP) is 2.91. The molecule has 21 heavy (non-hydrogen) atoms. The van der Waals surface area contributed by atoms with Crippen molar-refractivity contribution in [2.24, 2.45) is 0 Å². The Labute approximate surface area is 128 Å². The maximum atomic E-state index is 11.0. The van der Waals surface area contributed by atoms with E-state index >= 15 is 0 Å². The lowest BCUT2D eigenvalue weighted by molar-refractivity contribution is -0.385. The van der Waals surface area contributed by atoms with Crippen molar-refractivity contribution in [2.75, 3.05) is 6.79 Å². The maximum absolute atomic E-state index is 11.0. The van der Waals surface area contributed by atoms with Gasteiger partial charge in [0.15, 0.2) is 11.1 Å². The first kappa shape index (κ1) is 14.2. The summed E-state index contributed by atoms with van der Waals surface area (Å²) >= 11 is 2.99. The average molecular weight is 325 g/mol. The molecule has 2 heterocycles. The number of hydrogen-bond acceptors (Lipinski definition) is 8. The molecule has 0 unspecified atom stereocenters. The number of thioether (sulfide) groups is 1. The average Bonchev–Trinajstić information content (AvgIpc) is 2.90. The van der Waals surface area contributed by atoms with Gasteiger partial charge in [0.1, 0.15) is 10.8 Å². The van der Waals surface area contributed by atoms with Crippen LogP contribution in [0, 0.1) is 17.0 Å². The van der Waals surface area contributed by atoms with E-state index in [2.05, 4.69) is 10.2 Å². The monoisotopic (exact) mass is 325 g/mol. The third kappa shape index (κ3) is 3.14. The molecule has 0 saturated carbocycles. The van der Waals surface area contributed by atoms with Crippen molar-refractivity contribution in [1.29, 1.82) is 0 Å². The molecule has 1 aliphatic heterocycles. The fourth-order valence-corrected chi connectivity index (χ4v) is 3.75. The van der Waals surface area contributed by atoms with Crippen LogP contribution in [-0.4, -0.2) is 21.9 Å². The second kappa shape index (κ2) is 5.96. The van der Waals surface area contributed by atoms with Gasteiger partial charge < -0.3 is 9.47 Å². The van der Waals surface area contributed by atoms with E-state index in [9.17, 15) is 10.1 Å². The number of aromatic nitrogens is 2. The standard InChI is InChI=1S/C12H11N3O4S2/c1-7-13-14-12(21-7)20-5-9-3-10(15(16)17)2-8-4-18-6-19-11(8)9/h2-3H,4-6H2,1H3. The first-order chi connectivity index (χ1) is 10.1. The van der Waals surface area contributed by atoms with E-state index in [0.29, 0.717) is 23.7 Å².